The lowest BCUT2D eigenvalue weighted by Crippen LogP contribution is -2.16. The van der Waals surface area contributed by atoms with Crippen molar-refractivity contribution < 1.29 is 19.1 Å². The molecule has 1 aliphatic heterocycles. The fraction of sp³-hybridized carbons (Fsp3) is 0.667. The zero-order chi connectivity index (χ0) is 12.3. The number of hydrogen-bond acceptors (Lipinski definition) is 4. The van der Waals surface area contributed by atoms with E-state index in [9.17, 15) is 9.59 Å². The number of carbonyl (C=O) groups excluding carboxylic acids is 2. The molecule has 0 amide bonds. The van der Waals surface area contributed by atoms with Gasteiger partial charge in [0.25, 0.3) is 0 Å². The number of rotatable bonds is 4. The highest BCUT2D eigenvalue weighted by Gasteiger charge is 2.41. The Labute approximate surface area is 95.6 Å². The maximum Gasteiger partial charge on any atom is 0.333 e. The number of carbonyl (C=O) groups is 2. The van der Waals surface area contributed by atoms with Crippen molar-refractivity contribution in [1.82, 2.24) is 0 Å². The Morgan fingerprint density at radius 1 is 1.62 bits per heavy atom. The Bertz CT molecular complexity index is 317. The molecule has 90 valence electrons. The molecular weight excluding hydrogens is 208 g/mol. The quantitative estimate of drug-likeness (QED) is 0.542. The second-order valence-electron chi connectivity index (χ2n) is 4.75. The van der Waals surface area contributed by atoms with Crippen molar-refractivity contribution in [3.63, 3.8) is 0 Å². The van der Waals surface area contributed by atoms with Gasteiger partial charge in [-0.05, 0) is 33.1 Å². The van der Waals surface area contributed by atoms with Crippen molar-refractivity contribution in [3.05, 3.63) is 12.2 Å². The molecule has 1 atom stereocenters. The minimum atomic E-state index is -0.405. The van der Waals surface area contributed by atoms with E-state index in [4.69, 9.17) is 4.74 Å². The third-order valence-corrected chi connectivity index (χ3v) is 2.81. The normalized spacial score (nSPS) is 22.7. The van der Waals surface area contributed by atoms with Crippen LogP contribution in [0, 0.1) is 5.41 Å². The molecular formula is C12H18O4. The van der Waals surface area contributed by atoms with Gasteiger partial charge in [0, 0.05) is 5.57 Å². The SMILES string of the molecule is C=C(CCC1CC(C)(C)C(=O)O1)C(=O)OC. The zero-order valence-electron chi connectivity index (χ0n) is 10.0. The van der Waals surface area contributed by atoms with Crippen molar-refractivity contribution in [2.75, 3.05) is 7.11 Å². The van der Waals surface area contributed by atoms with Crippen molar-refractivity contribution in [3.8, 4) is 0 Å². The van der Waals surface area contributed by atoms with E-state index < -0.39 is 11.4 Å². The summed E-state index contributed by atoms with van der Waals surface area (Å²) in [6.07, 6.45) is 1.72. The molecule has 4 heteroatoms. The van der Waals surface area contributed by atoms with Gasteiger partial charge in [-0.3, -0.25) is 4.79 Å². The lowest BCUT2D eigenvalue weighted by molar-refractivity contribution is -0.147. The minimum Gasteiger partial charge on any atom is -0.466 e. The molecule has 1 fully saturated rings. The summed E-state index contributed by atoms with van der Waals surface area (Å²) >= 11 is 0. The monoisotopic (exact) mass is 226 g/mol. The predicted octanol–water partition coefficient (Wildman–Crippen LogP) is 1.84. The van der Waals surface area contributed by atoms with E-state index in [0.717, 1.165) is 0 Å². The van der Waals surface area contributed by atoms with Gasteiger partial charge in [0.05, 0.1) is 12.5 Å². The Hall–Kier alpha value is -1.32. The first-order chi connectivity index (χ1) is 7.36. The molecule has 1 aliphatic rings. The van der Waals surface area contributed by atoms with E-state index in [-0.39, 0.29) is 12.1 Å². The van der Waals surface area contributed by atoms with Gasteiger partial charge in [0.15, 0.2) is 0 Å². The summed E-state index contributed by atoms with van der Waals surface area (Å²) in [4.78, 5) is 22.5. The molecule has 1 rings (SSSR count). The highest BCUT2D eigenvalue weighted by Crippen LogP contribution is 2.35. The average Bonchev–Trinajstić information content (AvgIpc) is 2.48. The second kappa shape index (κ2) is 4.68. The van der Waals surface area contributed by atoms with Crippen LogP contribution in [0.25, 0.3) is 0 Å². The smallest absolute Gasteiger partial charge is 0.333 e. The molecule has 16 heavy (non-hydrogen) atoms. The van der Waals surface area contributed by atoms with E-state index in [1.165, 1.54) is 7.11 Å². The maximum absolute atomic E-state index is 11.4. The van der Waals surface area contributed by atoms with Crippen molar-refractivity contribution >= 4 is 11.9 Å². The molecule has 0 N–H and O–H groups in total. The molecule has 0 radical (unpaired) electrons. The molecule has 0 aromatic rings. The van der Waals surface area contributed by atoms with E-state index in [1.807, 2.05) is 13.8 Å². The van der Waals surface area contributed by atoms with Gasteiger partial charge >= 0.3 is 11.9 Å². The van der Waals surface area contributed by atoms with Gasteiger partial charge in [0.1, 0.15) is 6.10 Å². The van der Waals surface area contributed by atoms with Crippen molar-refractivity contribution in [2.24, 2.45) is 5.41 Å². The zero-order valence-corrected chi connectivity index (χ0v) is 10.0. The van der Waals surface area contributed by atoms with Crippen LogP contribution in [0.1, 0.15) is 33.1 Å². The number of hydrogen-bond donors (Lipinski definition) is 0. The summed E-state index contributed by atoms with van der Waals surface area (Å²) in [5, 5.41) is 0. The largest absolute Gasteiger partial charge is 0.466 e. The Balaban J connectivity index is 2.39. The first-order valence-corrected chi connectivity index (χ1v) is 5.34. The van der Waals surface area contributed by atoms with Gasteiger partial charge in [-0.2, -0.15) is 0 Å². The highest BCUT2D eigenvalue weighted by molar-refractivity contribution is 5.87. The van der Waals surface area contributed by atoms with Crippen LogP contribution < -0.4 is 0 Å². The summed E-state index contributed by atoms with van der Waals surface area (Å²) in [5.74, 6) is -0.565. The first-order valence-electron chi connectivity index (χ1n) is 5.34. The van der Waals surface area contributed by atoms with Crippen LogP contribution in [-0.4, -0.2) is 25.2 Å². The highest BCUT2D eigenvalue weighted by atomic mass is 16.6. The summed E-state index contributed by atoms with van der Waals surface area (Å²) in [7, 11) is 1.33. The standard InChI is InChI=1S/C12H18O4/c1-8(10(13)15-4)5-6-9-7-12(2,3)11(14)16-9/h9H,1,5-7H2,2-4H3. The molecule has 0 saturated carbocycles. The summed E-state index contributed by atoms with van der Waals surface area (Å²) in [5.41, 5.74) is 0.0142. The van der Waals surface area contributed by atoms with Gasteiger partial charge < -0.3 is 9.47 Å². The van der Waals surface area contributed by atoms with Crippen molar-refractivity contribution in [2.45, 2.75) is 39.2 Å². The molecule has 0 aromatic heterocycles. The minimum absolute atomic E-state index is 0.107. The van der Waals surface area contributed by atoms with Crippen LogP contribution in [0.5, 0.6) is 0 Å². The number of ether oxygens (including phenoxy) is 2. The van der Waals surface area contributed by atoms with Crippen LogP contribution in [-0.2, 0) is 19.1 Å². The molecule has 0 aliphatic carbocycles. The van der Waals surface area contributed by atoms with Crippen molar-refractivity contribution in [1.29, 1.82) is 0 Å². The summed E-state index contributed by atoms with van der Waals surface area (Å²) in [6, 6.07) is 0. The second-order valence-corrected chi connectivity index (χ2v) is 4.75. The number of esters is 2. The lowest BCUT2D eigenvalue weighted by Gasteiger charge is -2.10. The van der Waals surface area contributed by atoms with E-state index in [1.54, 1.807) is 0 Å². The third kappa shape index (κ3) is 2.84. The van der Waals surface area contributed by atoms with Gasteiger partial charge in [-0.1, -0.05) is 6.58 Å². The molecule has 1 saturated heterocycles. The molecule has 0 aromatic carbocycles. The number of cyclic esters (lactones) is 1. The van der Waals surface area contributed by atoms with Gasteiger partial charge in [-0.15, -0.1) is 0 Å². The first kappa shape index (κ1) is 12.7. The Morgan fingerprint density at radius 2 is 2.25 bits per heavy atom. The van der Waals surface area contributed by atoms with E-state index >= 15 is 0 Å². The fourth-order valence-corrected chi connectivity index (χ4v) is 1.75. The summed E-state index contributed by atoms with van der Waals surface area (Å²) < 4.78 is 9.75. The topological polar surface area (TPSA) is 52.6 Å². The van der Waals surface area contributed by atoms with Crippen LogP contribution >= 0.6 is 0 Å². The fourth-order valence-electron chi connectivity index (χ4n) is 1.75. The van der Waals surface area contributed by atoms with Crippen LogP contribution in [0.15, 0.2) is 12.2 Å². The molecule has 0 bridgehead atoms. The average molecular weight is 226 g/mol. The third-order valence-electron chi connectivity index (χ3n) is 2.81. The Kier molecular flexibility index (Phi) is 3.73. The summed E-state index contributed by atoms with van der Waals surface area (Å²) in [6.45, 7) is 7.36. The maximum atomic E-state index is 11.4. The predicted molar refractivity (Wildman–Crippen MR) is 58.7 cm³/mol. The molecule has 1 heterocycles. The van der Waals surface area contributed by atoms with E-state index in [0.29, 0.717) is 24.8 Å². The van der Waals surface area contributed by atoms with Gasteiger partial charge in [0.2, 0.25) is 0 Å². The molecule has 1 unspecified atom stereocenters. The van der Waals surface area contributed by atoms with E-state index in [2.05, 4.69) is 11.3 Å². The van der Waals surface area contributed by atoms with Gasteiger partial charge in [-0.25, -0.2) is 4.79 Å². The number of methoxy groups -OCH3 is 1. The Morgan fingerprint density at radius 3 is 2.69 bits per heavy atom. The van der Waals surface area contributed by atoms with Crippen LogP contribution in [0.2, 0.25) is 0 Å². The lowest BCUT2D eigenvalue weighted by atomic mass is 9.88. The van der Waals surface area contributed by atoms with Crippen LogP contribution in [0.4, 0.5) is 0 Å². The molecule has 4 nitrogen and oxygen atoms in total. The van der Waals surface area contributed by atoms with Crippen LogP contribution in [0.3, 0.4) is 0 Å². The molecule has 0 spiro atoms.